The SMILES string of the molecule is CCc1ccc(C=NNC(N)=O)o1. The van der Waals surface area contributed by atoms with E-state index in [9.17, 15) is 4.79 Å². The average Bonchev–Trinajstić information content (AvgIpc) is 2.52. The lowest BCUT2D eigenvalue weighted by atomic mass is 10.4. The molecule has 0 fully saturated rings. The fourth-order valence-electron chi connectivity index (χ4n) is 0.813. The molecule has 0 spiro atoms. The number of carbonyl (C=O) groups excluding carboxylic acids is 1. The first-order chi connectivity index (χ1) is 6.22. The summed E-state index contributed by atoms with van der Waals surface area (Å²) in [5.41, 5.74) is 6.86. The van der Waals surface area contributed by atoms with Gasteiger partial charge in [0.05, 0.1) is 6.21 Å². The summed E-state index contributed by atoms with van der Waals surface area (Å²) in [5, 5.41) is 3.55. The van der Waals surface area contributed by atoms with Crippen molar-refractivity contribution in [2.75, 3.05) is 0 Å². The van der Waals surface area contributed by atoms with Gasteiger partial charge >= 0.3 is 6.03 Å². The van der Waals surface area contributed by atoms with Gasteiger partial charge in [-0.05, 0) is 12.1 Å². The van der Waals surface area contributed by atoms with Gasteiger partial charge in [-0.25, -0.2) is 10.2 Å². The molecule has 1 heterocycles. The van der Waals surface area contributed by atoms with Crippen molar-refractivity contribution in [1.82, 2.24) is 5.43 Å². The molecule has 0 saturated heterocycles. The van der Waals surface area contributed by atoms with Crippen molar-refractivity contribution in [3.05, 3.63) is 23.7 Å². The maximum atomic E-state index is 10.2. The average molecular weight is 181 g/mol. The quantitative estimate of drug-likeness (QED) is 0.535. The van der Waals surface area contributed by atoms with E-state index in [2.05, 4.69) is 10.5 Å². The topological polar surface area (TPSA) is 80.6 Å². The van der Waals surface area contributed by atoms with Gasteiger partial charge < -0.3 is 10.2 Å². The number of hydrogen-bond acceptors (Lipinski definition) is 3. The van der Waals surface area contributed by atoms with Gasteiger partial charge in [-0.2, -0.15) is 5.10 Å². The highest BCUT2D eigenvalue weighted by Gasteiger charge is 1.96. The summed E-state index contributed by atoms with van der Waals surface area (Å²) in [7, 11) is 0. The van der Waals surface area contributed by atoms with Crippen LogP contribution in [-0.2, 0) is 6.42 Å². The zero-order chi connectivity index (χ0) is 9.68. The van der Waals surface area contributed by atoms with Crippen molar-refractivity contribution in [3.63, 3.8) is 0 Å². The van der Waals surface area contributed by atoms with Crippen LogP contribution in [0.5, 0.6) is 0 Å². The van der Waals surface area contributed by atoms with Crippen LogP contribution in [0.4, 0.5) is 4.79 Å². The fraction of sp³-hybridized carbons (Fsp3) is 0.250. The van der Waals surface area contributed by atoms with Crippen LogP contribution in [0.2, 0.25) is 0 Å². The van der Waals surface area contributed by atoms with Crippen molar-refractivity contribution in [2.45, 2.75) is 13.3 Å². The van der Waals surface area contributed by atoms with E-state index in [1.54, 1.807) is 6.07 Å². The number of furan rings is 1. The minimum absolute atomic E-state index is 0.589. The molecular formula is C8H11N3O2. The molecule has 0 aromatic carbocycles. The minimum atomic E-state index is -0.696. The van der Waals surface area contributed by atoms with Crippen molar-refractivity contribution >= 4 is 12.2 Å². The van der Waals surface area contributed by atoms with Crippen LogP contribution in [-0.4, -0.2) is 12.2 Å². The number of amides is 2. The summed E-state index contributed by atoms with van der Waals surface area (Å²) in [5.74, 6) is 1.46. The van der Waals surface area contributed by atoms with Crippen LogP contribution in [0.25, 0.3) is 0 Å². The molecule has 1 aromatic rings. The van der Waals surface area contributed by atoms with E-state index in [0.29, 0.717) is 5.76 Å². The smallest absolute Gasteiger partial charge is 0.332 e. The lowest BCUT2D eigenvalue weighted by Gasteiger charge is -1.89. The summed E-state index contributed by atoms with van der Waals surface area (Å²) >= 11 is 0. The standard InChI is InChI=1S/C8H11N3O2/c1-2-6-3-4-7(13-6)5-10-11-8(9)12/h3-5H,2H2,1H3,(H3,9,11,12). The Morgan fingerprint density at radius 2 is 2.54 bits per heavy atom. The van der Waals surface area contributed by atoms with Gasteiger partial charge in [0, 0.05) is 6.42 Å². The minimum Gasteiger partial charge on any atom is -0.460 e. The van der Waals surface area contributed by atoms with Crippen molar-refractivity contribution < 1.29 is 9.21 Å². The molecule has 5 nitrogen and oxygen atoms in total. The monoisotopic (exact) mass is 181 g/mol. The Balaban J connectivity index is 2.53. The summed E-state index contributed by atoms with van der Waals surface area (Å²) in [4.78, 5) is 10.2. The first kappa shape index (κ1) is 9.31. The van der Waals surface area contributed by atoms with Crippen molar-refractivity contribution in [2.24, 2.45) is 10.8 Å². The number of primary amides is 1. The highest BCUT2D eigenvalue weighted by molar-refractivity contribution is 5.78. The van der Waals surface area contributed by atoms with Crippen LogP contribution in [0.3, 0.4) is 0 Å². The van der Waals surface area contributed by atoms with E-state index in [-0.39, 0.29) is 0 Å². The van der Waals surface area contributed by atoms with E-state index in [1.165, 1.54) is 6.21 Å². The molecule has 0 aliphatic carbocycles. The Hall–Kier alpha value is -1.78. The van der Waals surface area contributed by atoms with Crippen LogP contribution in [0, 0.1) is 0 Å². The van der Waals surface area contributed by atoms with Crippen molar-refractivity contribution in [1.29, 1.82) is 0 Å². The van der Waals surface area contributed by atoms with Crippen LogP contribution in [0.15, 0.2) is 21.7 Å². The van der Waals surface area contributed by atoms with Gasteiger partial charge in [-0.3, -0.25) is 0 Å². The van der Waals surface area contributed by atoms with Gasteiger partial charge in [0.25, 0.3) is 0 Å². The van der Waals surface area contributed by atoms with Gasteiger partial charge in [-0.1, -0.05) is 6.92 Å². The number of carbonyl (C=O) groups is 1. The Kier molecular flexibility index (Phi) is 3.08. The van der Waals surface area contributed by atoms with Crippen molar-refractivity contribution in [3.8, 4) is 0 Å². The van der Waals surface area contributed by atoms with E-state index < -0.39 is 6.03 Å². The van der Waals surface area contributed by atoms with E-state index in [0.717, 1.165) is 12.2 Å². The Morgan fingerprint density at radius 3 is 3.08 bits per heavy atom. The zero-order valence-corrected chi connectivity index (χ0v) is 7.28. The summed E-state index contributed by atoms with van der Waals surface area (Å²) in [6, 6.07) is 2.93. The second kappa shape index (κ2) is 4.30. The molecule has 0 saturated carbocycles. The molecule has 2 amide bonds. The normalized spacial score (nSPS) is 10.5. The predicted molar refractivity (Wildman–Crippen MR) is 48.4 cm³/mol. The molecule has 0 atom stereocenters. The van der Waals surface area contributed by atoms with E-state index in [4.69, 9.17) is 10.2 Å². The Labute approximate surface area is 75.6 Å². The lowest BCUT2D eigenvalue weighted by molar-refractivity contribution is 0.249. The number of hydrazone groups is 1. The molecule has 3 N–H and O–H groups in total. The third-order valence-electron chi connectivity index (χ3n) is 1.40. The summed E-state index contributed by atoms with van der Waals surface area (Å²) in [6.07, 6.45) is 2.22. The predicted octanol–water partition coefficient (Wildman–Crippen LogP) is 0.844. The number of nitrogens with zero attached hydrogens (tertiary/aromatic N) is 1. The molecule has 0 aliphatic heterocycles. The van der Waals surface area contributed by atoms with E-state index in [1.807, 2.05) is 13.0 Å². The third kappa shape index (κ3) is 2.98. The van der Waals surface area contributed by atoms with Gasteiger partial charge in [0.2, 0.25) is 0 Å². The second-order valence-corrected chi connectivity index (χ2v) is 2.39. The van der Waals surface area contributed by atoms with Crippen LogP contribution >= 0.6 is 0 Å². The molecule has 0 aliphatic rings. The van der Waals surface area contributed by atoms with Gasteiger partial charge in [0.1, 0.15) is 11.5 Å². The first-order valence-electron chi connectivity index (χ1n) is 3.89. The largest absolute Gasteiger partial charge is 0.460 e. The van der Waals surface area contributed by atoms with Gasteiger partial charge in [0.15, 0.2) is 0 Å². The molecule has 70 valence electrons. The zero-order valence-electron chi connectivity index (χ0n) is 7.28. The second-order valence-electron chi connectivity index (χ2n) is 2.39. The van der Waals surface area contributed by atoms with Gasteiger partial charge in [-0.15, -0.1) is 0 Å². The Bertz CT molecular complexity index is 317. The number of nitrogens with one attached hydrogen (secondary N) is 1. The van der Waals surface area contributed by atoms with E-state index >= 15 is 0 Å². The maximum Gasteiger partial charge on any atom is 0.332 e. The molecule has 1 rings (SSSR count). The molecule has 0 radical (unpaired) electrons. The van der Waals surface area contributed by atoms with Crippen LogP contribution in [0.1, 0.15) is 18.4 Å². The van der Waals surface area contributed by atoms with Crippen LogP contribution < -0.4 is 11.2 Å². The highest BCUT2D eigenvalue weighted by atomic mass is 16.3. The molecule has 0 unspecified atom stereocenters. The molecule has 13 heavy (non-hydrogen) atoms. The fourth-order valence-corrected chi connectivity index (χ4v) is 0.813. The lowest BCUT2D eigenvalue weighted by Crippen LogP contribution is -2.24. The number of nitrogens with two attached hydrogens (primary N) is 1. The summed E-state index contributed by atoms with van der Waals surface area (Å²) < 4.78 is 5.27. The first-order valence-corrected chi connectivity index (χ1v) is 3.89. The Morgan fingerprint density at radius 1 is 1.77 bits per heavy atom. The summed E-state index contributed by atoms with van der Waals surface area (Å²) in [6.45, 7) is 1.99. The number of aryl methyl sites for hydroxylation is 1. The molecule has 0 bridgehead atoms. The molecule has 1 aromatic heterocycles. The number of urea groups is 1. The molecule has 5 heteroatoms. The molecular weight excluding hydrogens is 170 g/mol. The number of rotatable bonds is 3. The number of hydrogen-bond donors (Lipinski definition) is 2. The highest BCUT2D eigenvalue weighted by Crippen LogP contribution is 2.05. The third-order valence-corrected chi connectivity index (χ3v) is 1.40. The maximum absolute atomic E-state index is 10.2.